The Kier molecular flexibility index (Phi) is 6.10. The number of benzene rings is 2. The summed E-state index contributed by atoms with van der Waals surface area (Å²) in [6.45, 7) is 3.38. The third kappa shape index (κ3) is 4.63. The summed E-state index contributed by atoms with van der Waals surface area (Å²) in [5.41, 5.74) is 2.59. The highest BCUT2D eigenvalue weighted by atomic mass is 35.5. The molecule has 0 aliphatic rings. The number of carbonyl (C=O) groups excluding carboxylic acids is 2. The minimum Gasteiger partial charge on any atom is -0.452 e. The number of rotatable bonds is 4. The number of hydrogen-bond acceptors (Lipinski definition) is 3. The zero-order chi connectivity index (χ0) is 17.9. The normalized spacial score (nSPS) is 10.4. The molecule has 1 N–H and O–H groups in total. The van der Waals surface area contributed by atoms with Gasteiger partial charge in [0.25, 0.3) is 5.91 Å². The monoisotopic (exact) mass is 385 g/mol. The van der Waals surface area contributed by atoms with Crippen molar-refractivity contribution in [3.63, 3.8) is 0 Å². The highest BCUT2D eigenvalue weighted by Crippen LogP contribution is 2.31. The van der Waals surface area contributed by atoms with Crippen molar-refractivity contribution in [3.05, 3.63) is 62.1 Å². The van der Waals surface area contributed by atoms with E-state index in [0.29, 0.717) is 5.69 Å². The fourth-order valence-corrected chi connectivity index (χ4v) is 2.84. The second-order valence-corrected chi connectivity index (χ2v) is 6.41. The molecule has 2 aromatic carbocycles. The SMILES string of the molecule is Cc1cc(C)cc(NC(=O)COC(=O)c2c(Cl)ccc(Cl)c2Cl)c1. The molecule has 0 aliphatic heterocycles. The van der Waals surface area contributed by atoms with Crippen molar-refractivity contribution in [2.24, 2.45) is 0 Å². The zero-order valence-electron chi connectivity index (χ0n) is 13.0. The van der Waals surface area contributed by atoms with E-state index in [9.17, 15) is 9.59 Å². The molecule has 0 saturated carbocycles. The first kappa shape index (κ1) is 18.6. The average molecular weight is 387 g/mol. The van der Waals surface area contributed by atoms with E-state index in [1.165, 1.54) is 12.1 Å². The number of aryl methyl sites for hydroxylation is 2. The molecule has 0 radical (unpaired) electrons. The lowest BCUT2D eigenvalue weighted by molar-refractivity contribution is -0.119. The lowest BCUT2D eigenvalue weighted by Crippen LogP contribution is -2.21. The smallest absolute Gasteiger partial charge is 0.341 e. The fourth-order valence-electron chi connectivity index (χ4n) is 2.16. The molecule has 0 atom stereocenters. The Labute approximate surface area is 154 Å². The Hall–Kier alpha value is -1.75. The van der Waals surface area contributed by atoms with E-state index >= 15 is 0 Å². The standard InChI is InChI=1S/C17H14Cl3NO3/c1-9-5-10(2)7-11(6-9)21-14(22)8-24-17(23)15-12(18)3-4-13(19)16(15)20/h3-7H,8H2,1-2H3,(H,21,22). The number of carbonyl (C=O) groups is 2. The number of esters is 1. The molecule has 0 saturated heterocycles. The van der Waals surface area contributed by atoms with E-state index in [1.54, 1.807) is 0 Å². The maximum Gasteiger partial charge on any atom is 0.341 e. The summed E-state index contributed by atoms with van der Waals surface area (Å²) in [5, 5.41) is 2.93. The maximum absolute atomic E-state index is 12.1. The number of nitrogens with one attached hydrogen (secondary N) is 1. The van der Waals surface area contributed by atoms with E-state index in [-0.39, 0.29) is 20.6 Å². The van der Waals surface area contributed by atoms with E-state index in [4.69, 9.17) is 39.5 Å². The first-order chi connectivity index (χ1) is 11.3. The van der Waals surface area contributed by atoms with E-state index in [0.717, 1.165) is 11.1 Å². The van der Waals surface area contributed by atoms with Crippen molar-refractivity contribution in [1.29, 1.82) is 0 Å². The van der Waals surface area contributed by atoms with Gasteiger partial charge in [0, 0.05) is 5.69 Å². The first-order valence-corrected chi connectivity index (χ1v) is 8.10. The molecule has 7 heteroatoms. The molecule has 0 aliphatic carbocycles. The second kappa shape index (κ2) is 7.88. The number of amides is 1. The third-order valence-corrected chi connectivity index (χ3v) is 4.21. The van der Waals surface area contributed by atoms with Gasteiger partial charge >= 0.3 is 5.97 Å². The minimum absolute atomic E-state index is 0.0103. The van der Waals surface area contributed by atoms with Crippen LogP contribution in [-0.2, 0) is 9.53 Å². The molecule has 0 heterocycles. The largest absolute Gasteiger partial charge is 0.452 e. The van der Waals surface area contributed by atoms with Crippen molar-refractivity contribution in [1.82, 2.24) is 0 Å². The van der Waals surface area contributed by atoms with Crippen LogP contribution in [0.15, 0.2) is 30.3 Å². The number of halogens is 3. The summed E-state index contributed by atoms with van der Waals surface area (Å²) in [6, 6.07) is 8.52. The molecule has 4 nitrogen and oxygen atoms in total. The first-order valence-electron chi connectivity index (χ1n) is 6.96. The Bertz CT molecular complexity index is 786. The van der Waals surface area contributed by atoms with Crippen molar-refractivity contribution in [2.75, 3.05) is 11.9 Å². The summed E-state index contributed by atoms with van der Waals surface area (Å²) in [5.74, 6) is -1.29. The Morgan fingerprint density at radius 2 is 1.58 bits per heavy atom. The van der Waals surface area contributed by atoms with Crippen molar-refractivity contribution in [2.45, 2.75) is 13.8 Å². The van der Waals surface area contributed by atoms with Gasteiger partial charge in [0.05, 0.1) is 20.6 Å². The molecule has 0 aromatic heterocycles. The van der Waals surface area contributed by atoms with Gasteiger partial charge in [-0.25, -0.2) is 4.79 Å². The molecule has 2 rings (SSSR count). The molecule has 1 amide bonds. The summed E-state index contributed by atoms with van der Waals surface area (Å²) in [7, 11) is 0. The lowest BCUT2D eigenvalue weighted by Gasteiger charge is -2.10. The summed E-state index contributed by atoms with van der Waals surface area (Å²) in [4.78, 5) is 24.0. The van der Waals surface area contributed by atoms with Crippen molar-refractivity contribution < 1.29 is 14.3 Å². The Balaban J connectivity index is 2.01. The van der Waals surface area contributed by atoms with Gasteiger partial charge in [-0.1, -0.05) is 40.9 Å². The van der Waals surface area contributed by atoms with Gasteiger partial charge in [0.15, 0.2) is 6.61 Å². The summed E-state index contributed by atoms with van der Waals surface area (Å²) >= 11 is 17.7. The van der Waals surface area contributed by atoms with Crippen LogP contribution >= 0.6 is 34.8 Å². The Morgan fingerprint density at radius 1 is 1.00 bits per heavy atom. The topological polar surface area (TPSA) is 55.4 Å². The van der Waals surface area contributed by atoms with E-state index in [1.807, 2.05) is 32.0 Å². The third-order valence-electron chi connectivity index (χ3n) is 3.09. The molecule has 2 aromatic rings. The van der Waals surface area contributed by atoms with Gasteiger partial charge in [-0.05, 0) is 49.2 Å². The van der Waals surface area contributed by atoms with Crippen LogP contribution < -0.4 is 5.32 Å². The van der Waals surface area contributed by atoms with Gasteiger partial charge in [0.1, 0.15) is 0 Å². The zero-order valence-corrected chi connectivity index (χ0v) is 15.2. The molecule has 0 fully saturated rings. The van der Waals surface area contributed by atoms with Gasteiger partial charge in [-0.3, -0.25) is 4.79 Å². The molecule has 0 unspecified atom stereocenters. The predicted molar refractivity (Wildman–Crippen MR) is 96.3 cm³/mol. The van der Waals surface area contributed by atoms with Gasteiger partial charge in [-0.2, -0.15) is 0 Å². The van der Waals surface area contributed by atoms with Crippen molar-refractivity contribution in [3.8, 4) is 0 Å². The molecule has 0 spiro atoms. The molecular formula is C17H14Cl3NO3. The van der Waals surface area contributed by atoms with Gasteiger partial charge in [-0.15, -0.1) is 0 Å². The summed E-state index contributed by atoms with van der Waals surface area (Å²) < 4.78 is 4.96. The van der Waals surface area contributed by atoms with Crippen LogP contribution in [0.2, 0.25) is 15.1 Å². The Morgan fingerprint density at radius 3 is 2.21 bits per heavy atom. The number of ether oxygens (including phenoxy) is 1. The molecule has 126 valence electrons. The molecule has 0 bridgehead atoms. The minimum atomic E-state index is -0.817. The van der Waals surface area contributed by atoms with Crippen LogP contribution in [0.5, 0.6) is 0 Å². The van der Waals surface area contributed by atoms with Crippen LogP contribution in [0.4, 0.5) is 5.69 Å². The highest BCUT2D eigenvalue weighted by Gasteiger charge is 2.19. The maximum atomic E-state index is 12.1. The second-order valence-electron chi connectivity index (χ2n) is 5.22. The quantitative estimate of drug-likeness (QED) is 0.590. The van der Waals surface area contributed by atoms with Gasteiger partial charge < -0.3 is 10.1 Å². The number of anilines is 1. The van der Waals surface area contributed by atoms with Crippen LogP contribution in [0.3, 0.4) is 0 Å². The van der Waals surface area contributed by atoms with E-state index < -0.39 is 18.5 Å². The highest BCUT2D eigenvalue weighted by molar-refractivity contribution is 6.46. The van der Waals surface area contributed by atoms with E-state index in [2.05, 4.69) is 5.32 Å². The van der Waals surface area contributed by atoms with Crippen molar-refractivity contribution >= 4 is 52.4 Å². The summed E-state index contributed by atoms with van der Waals surface area (Å²) in [6.07, 6.45) is 0. The average Bonchev–Trinajstić information content (AvgIpc) is 2.48. The predicted octanol–water partition coefficient (Wildman–Crippen LogP) is 5.06. The van der Waals surface area contributed by atoms with Crippen LogP contribution in [-0.4, -0.2) is 18.5 Å². The molecular weight excluding hydrogens is 373 g/mol. The van der Waals surface area contributed by atoms with Crippen LogP contribution in [0.1, 0.15) is 21.5 Å². The van der Waals surface area contributed by atoms with Gasteiger partial charge in [0.2, 0.25) is 0 Å². The lowest BCUT2D eigenvalue weighted by atomic mass is 10.1. The fraction of sp³-hybridized carbons (Fsp3) is 0.176. The molecule has 24 heavy (non-hydrogen) atoms. The van der Waals surface area contributed by atoms with Crippen LogP contribution in [0.25, 0.3) is 0 Å². The van der Waals surface area contributed by atoms with Crippen LogP contribution in [0, 0.1) is 13.8 Å². The number of hydrogen-bond donors (Lipinski definition) is 1.